The van der Waals surface area contributed by atoms with Crippen LogP contribution in [-0.4, -0.2) is 10.8 Å². The maximum atomic E-state index is 11.3. The number of Topliss-reactive ketones (excluding diaryl/α,β-unsaturated/α-hetero) is 1. The summed E-state index contributed by atoms with van der Waals surface area (Å²) in [4.78, 5) is 25.2. The molecule has 0 aromatic carbocycles. The molecule has 0 aliphatic heterocycles. The second-order valence-corrected chi connectivity index (χ2v) is 3.43. The number of fused-ring (bicyclic) bond motifs is 1. The van der Waals surface area contributed by atoms with Crippen molar-refractivity contribution >= 4 is 5.78 Å². The molecule has 0 fully saturated rings. The lowest BCUT2D eigenvalue weighted by Gasteiger charge is -2.00. The molecule has 0 atom stereocenters. The summed E-state index contributed by atoms with van der Waals surface area (Å²) >= 11 is 0. The van der Waals surface area contributed by atoms with Crippen molar-refractivity contribution in [1.29, 1.82) is 0 Å². The van der Waals surface area contributed by atoms with Crippen molar-refractivity contribution in [3.63, 3.8) is 0 Å². The van der Waals surface area contributed by atoms with Crippen LogP contribution in [0.3, 0.4) is 0 Å². The Morgan fingerprint density at radius 3 is 2.92 bits per heavy atom. The Kier molecular flexibility index (Phi) is 1.79. The molecule has 1 heterocycles. The van der Waals surface area contributed by atoms with Crippen molar-refractivity contribution < 1.29 is 4.79 Å². The van der Waals surface area contributed by atoms with Crippen LogP contribution in [0.4, 0.5) is 0 Å². The van der Waals surface area contributed by atoms with E-state index in [9.17, 15) is 9.59 Å². The molecule has 0 saturated heterocycles. The third-order valence-corrected chi connectivity index (χ3v) is 2.47. The van der Waals surface area contributed by atoms with E-state index < -0.39 is 0 Å². The minimum absolute atomic E-state index is 0.157. The zero-order valence-electron chi connectivity index (χ0n) is 7.52. The first-order valence-electron chi connectivity index (χ1n) is 4.44. The molecule has 3 nitrogen and oxygen atoms in total. The van der Waals surface area contributed by atoms with E-state index in [1.165, 1.54) is 6.92 Å². The Hall–Kier alpha value is -1.38. The number of carbonyl (C=O) groups is 1. The van der Waals surface area contributed by atoms with Gasteiger partial charge in [-0.2, -0.15) is 0 Å². The standard InChI is InChI=1S/C10H11NO2/c1-6(12)8-5-7-3-2-4-9(7)11-10(8)13/h5H,2-4H2,1H3,(H,11,13). The molecule has 1 aromatic heterocycles. The molecule has 0 radical (unpaired) electrons. The summed E-state index contributed by atoms with van der Waals surface area (Å²) in [6, 6.07) is 1.74. The van der Waals surface area contributed by atoms with Gasteiger partial charge < -0.3 is 4.98 Å². The van der Waals surface area contributed by atoms with E-state index >= 15 is 0 Å². The molecule has 1 aromatic rings. The first kappa shape index (κ1) is 8.23. The minimum Gasteiger partial charge on any atom is -0.325 e. The first-order chi connectivity index (χ1) is 6.18. The van der Waals surface area contributed by atoms with Crippen molar-refractivity contribution in [3.05, 3.63) is 33.2 Å². The third-order valence-electron chi connectivity index (χ3n) is 2.47. The number of aryl methyl sites for hydroxylation is 2. The monoisotopic (exact) mass is 177 g/mol. The Bertz CT molecular complexity index is 417. The number of hydrogen-bond acceptors (Lipinski definition) is 2. The molecule has 68 valence electrons. The van der Waals surface area contributed by atoms with E-state index in [4.69, 9.17) is 0 Å². The first-order valence-corrected chi connectivity index (χ1v) is 4.44. The van der Waals surface area contributed by atoms with Crippen molar-refractivity contribution in [2.75, 3.05) is 0 Å². The molecular formula is C10H11NO2. The summed E-state index contributed by atoms with van der Waals surface area (Å²) in [5.41, 5.74) is 2.19. The lowest BCUT2D eigenvalue weighted by atomic mass is 10.1. The number of aromatic amines is 1. The minimum atomic E-state index is -0.242. The SMILES string of the molecule is CC(=O)c1cc2c([nH]c1=O)CCC2. The molecule has 0 bridgehead atoms. The molecule has 1 aliphatic carbocycles. The molecule has 2 rings (SSSR count). The van der Waals surface area contributed by atoms with E-state index in [2.05, 4.69) is 4.98 Å². The Balaban J connectivity index is 2.62. The number of carbonyl (C=O) groups excluding carboxylic acids is 1. The van der Waals surface area contributed by atoms with Crippen LogP contribution in [0.1, 0.15) is 35.0 Å². The topological polar surface area (TPSA) is 49.9 Å². The fraction of sp³-hybridized carbons (Fsp3) is 0.400. The number of nitrogens with one attached hydrogen (secondary N) is 1. The van der Waals surface area contributed by atoms with Crippen molar-refractivity contribution in [2.45, 2.75) is 26.2 Å². The van der Waals surface area contributed by atoms with Gasteiger partial charge in [0.1, 0.15) is 0 Å². The Morgan fingerprint density at radius 1 is 1.46 bits per heavy atom. The van der Waals surface area contributed by atoms with Crippen LogP contribution in [0.2, 0.25) is 0 Å². The summed E-state index contributed by atoms with van der Waals surface area (Å²) in [7, 11) is 0. The Morgan fingerprint density at radius 2 is 2.23 bits per heavy atom. The Labute approximate surface area is 75.8 Å². The van der Waals surface area contributed by atoms with Gasteiger partial charge in [-0.25, -0.2) is 0 Å². The van der Waals surface area contributed by atoms with Crippen molar-refractivity contribution in [3.8, 4) is 0 Å². The maximum Gasteiger partial charge on any atom is 0.259 e. The van der Waals surface area contributed by atoms with E-state index in [0.717, 1.165) is 30.5 Å². The highest BCUT2D eigenvalue weighted by molar-refractivity contribution is 5.93. The number of hydrogen-bond donors (Lipinski definition) is 1. The van der Waals surface area contributed by atoms with Crippen molar-refractivity contribution in [1.82, 2.24) is 4.98 Å². The molecule has 13 heavy (non-hydrogen) atoms. The number of ketones is 1. The van der Waals surface area contributed by atoms with Gasteiger partial charge in [0.05, 0.1) is 5.56 Å². The number of H-pyrrole nitrogens is 1. The van der Waals surface area contributed by atoms with E-state index in [1.807, 2.05) is 0 Å². The fourth-order valence-electron chi connectivity index (χ4n) is 1.77. The van der Waals surface area contributed by atoms with Crippen LogP contribution in [-0.2, 0) is 12.8 Å². The predicted octanol–water partition coefficient (Wildman–Crippen LogP) is 1.07. The van der Waals surface area contributed by atoms with Gasteiger partial charge in [0.15, 0.2) is 5.78 Å². The zero-order chi connectivity index (χ0) is 9.42. The van der Waals surface area contributed by atoms with Gasteiger partial charge in [-0.3, -0.25) is 9.59 Å². The van der Waals surface area contributed by atoms with Gasteiger partial charge in [0.25, 0.3) is 5.56 Å². The highest BCUT2D eigenvalue weighted by Crippen LogP contribution is 2.18. The summed E-state index contributed by atoms with van der Waals surface area (Å²) in [5, 5.41) is 0. The summed E-state index contributed by atoms with van der Waals surface area (Å²) in [6.45, 7) is 1.42. The van der Waals surface area contributed by atoms with Crippen LogP contribution in [0.5, 0.6) is 0 Å². The van der Waals surface area contributed by atoms with E-state index in [1.54, 1.807) is 6.07 Å². The average molecular weight is 177 g/mol. The van der Waals surface area contributed by atoms with E-state index in [-0.39, 0.29) is 11.3 Å². The molecular weight excluding hydrogens is 166 g/mol. The zero-order valence-corrected chi connectivity index (χ0v) is 7.52. The molecule has 0 unspecified atom stereocenters. The fourth-order valence-corrected chi connectivity index (χ4v) is 1.77. The third kappa shape index (κ3) is 1.30. The molecule has 1 aliphatic rings. The summed E-state index contributed by atoms with van der Waals surface area (Å²) < 4.78 is 0. The van der Waals surface area contributed by atoms with Crippen LogP contribution in [0.15, 0.2) is 10.9 Å². The van der Waals surface area contributed by atoms with Crippen LogP contribution >= 0.6 is 0 Å². The van der Waals surface area contributed by atoms with Gasteiger partial charge >= 0.3 is 0 Å². The highest BCUT2D eigenvalue weighted by atomic mass is 16.1. The van der Waals surface area contributed by atoms with Crippen LogP contribution in [0, 0.1) is 0 Å². The van der Waals surface area contributed by atoms with Crippen LogP contribution < -0.4 is 5.56 Å². The largest absolute Gasteiger partial charge is 0.325 e. The normalized spacial score (nSPS) is 14.2. The van der Waals surface area contributed by atoms with Crippen LogP contribution in [0.25, 0.3) is 0 Å². The maximum absolute atomic E-state index is 11.3. The quantitative estimate of drug-likeness (QED) is 0.652. The molecule has 0 spiro atoms. The summed E-state index contributed by atoms with van der Waals surface area (Å²) in [6.07, 6.45) is 2.99. The second kappa shape index (κ2) is 2.83. The molecule has 0 amide bonds. The van der Waals surface area contributed by atoms with Gasteiger partial charge in [0, 0.05) is 5.69 Å². The lowest BCUT2D eigenvalue weighted by Crippen LogP contribution is -2.17. The summed E-state index contributed by atoms with van der Waals surface area (Å²) in [5.74, 6) is -0.157. The van der Waals surface area contributed by atoms with Gasteiger partial charge in [-0.1, -0.05) is 0 Å². The molecule has 0 saturated carbocycles. The highest BCUT2D eigenvalue weighted by Gasteiger charge is 2.15. The van der Waals surface area contributed by atoms with Crippen molar-refractivity contribution in [2.24, 2.45) is 0 Å². The number of rotatable bonds is 1. The van der Waals surface area contributed by atoms with E-state index in [0.29, 0.717) is 5.56 Å². The molecule has 3 heteroatoms. The van der Waals surface area contributed by atoms with Gasteiger partial charge in [-0.05, 0) is 37.8 Å². The smallest absolute Gasteiger partial charge is 0.259 e. The molecule has 1 N–H and O–H groups in total. The number of pyridine rings is 1. The average Bonchev–Trinajstić information content (AvgIpc) is 2.48. The lowest BCUT2D eigenvalue weighted by molar-refractivity contribution is 0.101. The predicted molar refractivity (Wildman–Crippen MR) is 49.1 cm³/mol. The number of aromatic nitrogens is 1. The second-order valence-electron chi connectivity index (χ2n) is 3.43. The van der Waals surface area contributed by atoms with Gasteiger partial charge in [-0.15, -0.1) is 0 Å². The van der Waals surface area contributed by atoms with Gasteiger partial charge in [0.2, 0.25) is 0 Å².